The van der Waals surface area contributed by atoms with Crippen molar-refractivity contribution < 1.29 is 22.0 Å². The topological polar surface area (TPSA) is 78.5 Å². The maximum Gasteiger partial charge on any atom is 0.317 e. The van der Waals surface area contributed by atoms with E-state index in [-0.39, 0.29) is 18.4 Å². The van der Waals surface area contributed by atoms with E-state index in [4.69, 9.17) is 0 Å². The Kier molecular flexibility index (Phi) is 6.46. The lowest BCUT2D eigenvalue weighted by atomic mass is 9.91. The first-order valence-corrected chi connectivity index (χ1v) is 13.0. The van der Waals surface area contributed by atoms with Crippen LogP contribution in [-0.2, 0) is 16.4 Å². The average molecular weight is 478 g/mol. The summed E-state index contributed by atoms with van der Waals surface area (Å²) in [6.45, 7) is 1.55. The number of carbonyl (C=O) groups is 1. The third-order valence-electron chi connectivity index (χ3n) is 6.55. The number of sulfonamides is 1. The van der Waals surface area contributed by atoms with E-state index in [1.54, 1.807) is 23.1 Å². The summed E-state index contributed by atoms with van der Waals surface area (Å²) in [6.07, 6.45) is 1.55. The number of hydrogen-bond acceptors (Lipinski definition) is 3. The van der Waals surface area contributed by atoms with E-state index in [1.807, 2.05) is 30.3 Å². The van der Waals surface area contributed by atoms with Crippen LogP contribution in [0.15, 0.2) is 48.5 Å². The molecule has 1 spiro atoms. The first-order valence-electron chi connectivity index (χ1n) is 11.1. The summed E-state index contributed by atoms with van der Waals surface area (Å²) >= 11 is 0. The minimum absolute atomic E-state index is 0.139. The number of hydrogen-bond donors (Lipinski definition) is 2. The Morgan fingerprint density at radius 1 is 1.18 bits per heavy atom. The summed E-state index contributed by atoms with van der Waals surface area (Å²) in [5.74, 6) is -0.392. The van der Waals surface area contributed by atoms with Crippen LogP contribution in [0.1, 0.15) is 25.3 Å². The van der Waals surface area contributed by atoms with Gasteiger partial charge in [0, 0.05) is 23.6 Å². The molecule has 1 heterocycles. The molecule has 3 atom stereocenters. The van der Waals surface area contributed by atoms with Crippen molar-refractivity contribution in [1.82, 2.24) is 14.9 Å². The van der Waals surface area contributed by atoms with E-state index in [1.165, 1.54) is 6.92 Å². The third-order valence-corrected chi connectivity index (χ3v) is 7.23. The molecule has 0 radical (unpaired) electrons. The van der Waals surface area contributed by atoms with Gasteiger partial charge in [-0.2, -0.15) is 0 Å². The van der Waals surface area contributed by atoms with Gasteiger partial charge in [-0.1, -0.05) is 48.5 Å². The van der Waals surface area contributed by atoms with E-state index >= 15 is 4.39 Å². The van der Waals surface area contributed by atoms with Crippen LogP contribution >= 0.6 is 0 Å². The van der Waals surface area contributed by atoms with Crippen molar-refractivity contribution in [2.75, 3.05) is 19.3 Å². The Morgan fingerprint density at radius 3 is 2.48 bits per heavy atom. The van der Waals surface area contributed by atoms with Crippen molar-refractivity contribution in [2.45, 2.75) is 44.4 Å². The van der Waals surface area contributed by atoms with Crippen molar-refractivity contribution in [3.8, 4) is 11.1 Å². The van der Waals surface area contributed by atoms with Crippen LogP contribution in [0.5, 0.6) is 0 Å². The molecule has 1 unspecified atom stereocenters. The summed E-state index contributed by atoms with van der Waals surface area (Å²) < 4.78 is 55.9. The number of urea groups is 1. The Labute approximate surface area is 193 Å². The Hall–Kier alpha value is -2.52. The van der Waals surface area contributed by atoms with Gasteiger partial charge in [-0.05, 0) is 37.3 Å². The van der Waals surface area contributed by atoms with Gasteiger partial charge in [0.2, 0.25) is 10.0 Å². The van der Waals surface area contributed by atoms with Crippen molar-refractivity contribution >= 4 is 16.1 Å². The highest BCUT2D eigenvalue weighted by Crippen LogP contribution is 2.55. The molecule has 1 saturated carbocycles. The number of benzene rings is 2. The van der Waals surface area contributed by atoms with E-state index < -0.39 is 40.1 Å². The Morgan fingerprint density at radius 2 is 1.88 bits per heavy atom. The van der Waals surface area contributed by atoms with Crippen LogP contribution < -0.4 is 10.0 Å². The van der Waals surface area contributed by atoms with Gasteiger partial charge in [0.25, 0.3) is 0 Å². The first kappa shape index (κ1) is 23.6. The Balaban J connectivity index is 1.68. The fourth-order valence-corrected chi connectivity index (χ4v) is 5.66. The average Bonchev–Trinajstić information content (AvgIpc) is 3.48. The molecule has 1 saturated heterocycles. The SMILES string of the molecule is CC(F)CNC(=O)N1CC2(CC2)[C@H](NS(C)(=O)=O)[C@@H]1Cc1cccc(-c2ccccc2)c1F. The molecule has 2 fully saturated rings. The number of halogens is 2. The largest absolute Gasteiger partial charge is 0.335 e. The molecule has 2 aliphatic rings. The number of alkyl halides is 1. The number of rotatable bonds is 7. The van der Waals surface area contributed by atoms with Gasteiger partial charge < -0.3 is 10.2 Å². The van der Waals surface area contributed by atoms with Gasteiger partial charge >= 0.3 is 6.03 Å². The predicted octanol–water partition coefficient (Wildman–Crippen LogP) is 3.49. The van der Waals surface area contributed by atoms with E-state index in [0.717, 1.165) is 24.7 Å². The minimum Gasteiger partial charge on any atom is -0.335 e. The summed E-state index contributed by atoms with van der Waals surface area (Å²) in [4.78, 5) is 14.5. The van der Waals surface area contributed by atoms with Crippen molar-refractivity contribution in [3.63, 3.8) is 0 Å². The molecule has 33 heavy (non-hydrogen) atoms. The summed E-state index contributed by atoms with van der Waals surface area (Å²) in [5.41, 5.74) is 1.21. The van der Waals surface area contributed by atoms with E-state index in [9.17, 15) is 17.6 Å². The molecule has 178 valence electrons. The van der Waals surface area contributed by atoms with Crippen molar-refractivity contribution in [3.05, 3.63) is 59.9 Å². The number of carbonyl (C=O) groups excluding carboxylic acids is 1. The van der Waals surface area contributed by atoms with Crippen LogP contribution in [0.4, 0.5) is 13.6 Å². The van der Waals surface area contributed by atoms with E-state index in [0.29, 0.717) is 17.7 Å². The fraction of sp³-hybridized carbons (Fsp3) is 0.458. The van der Waals surface area contributed by atoms with Crippen LogP contribution in [0.2, 0.25) is 0 Å². The highest BCUT2D eigenvalue weighted by Gasteiger charge is 2.61. The molecule has 6 nitrogen and oxygen atoms in total. The smallest absolute Gasteiger partial charge is 0.317 e. The molecule has 1 aliphatic carbocycles. The second-order valence-corrected chi connectivity index (χ2v) is 11.0. The van der Waals surface area contributed by atoms with E-state index in [2.05, 4.69) is 10.0 Å². The lowest BCUT2D eigenvalue weighted by molar-refractivity contribution is 0.185. The second kappa shape index (κ2) is 9.02. The van der Waals surface area contributed by atoms with Gasteiger partial charge in [-0.3, -0.25) is 0 Å². The monoisotopic (exact) mass is 477 g/mol. The van der Waals surface area contributed by atoms with Gasteiger partial charge in [-0.15, -0.1) is 0 Å². The first-order chi connectivity index (χ1) is 15.6. The zero-order valence-electron chi connectivity index (χ0n) is 18.7. The summed E-state index contributed by atoms with van der Waals surface area (Å²) in [6, 6.07) is 12.7. The standard InChI is InChI=1S/C24H29F2N3O3S/c1-16(25)14-27-23(30)29-15-24(11-12-24)22(28-33(2,31)32)20(29)13-18-9-6-10-19(21(18)26)17-7-4-3-5-8-17/h3-10,16,20,22,28H,11-15H2,1-2H3,(H,27,30)/t16?,20-,22+/m0/s1. The lowest BCUT2D eigenvalue weighted by Crippen LogP contribution is -2.51. The van der Waals surface area contributed by atoms with Crippen LogP contribution in [0, 0.1) is 11.2 Å². The molecule has 2 aromatic rings. The van der Waals surface area contributed by atoms with Gasteiger partial charge in [-0.25, -0.2) is 26.7 Å². The van der Waals surface area contributed by atoms with Gasteiger partial charge in [0.15, 0.2) is 0 Å². The van der Waals surface area contributed by atoms with Crippen molar-refractivity contribution in [1.29, 1.82) is 0 Å². The quantitative estimate of drug-likeness (QED) is 0.641. The molecule has 2 aromatic carbocycles. The molecule has 4 rings (SSSR count). The Bertz CT molecular complexity index is 1120. The lowest BCUT2D eigenvalue weighted by Gasteiger charge is -2.29. The second-order valence-electron chi connectivity index (χ2n) is 9.24. The summed E-state index contributed by atoms with van der Waals surface area (Å²) in [5, 5.41) is 2.58. The molecular formula is C24H29F2N3O3S. The number of likely N-dealkylation sites (tertiary alicyclic amines) is 1. The fourth-order valence-electron chi connectivity index (χ4n) is 4.79. The highest BCUT2D eigenvalue weighted by molar-refractivity contribution is 7.88. The highest BCUT2D eigenvalue weighted by atomic mass is 32.2. The van der Waals surface area contributed by atoms with Gasteiger partial charge in [0.1, 0.15) is 12.0 Å². The number of amides is 2. The molecule has 2 amide bonds. The number of nitrogens with one attached hydrogen (secondary N) is 2. The van der Waals surface area contributed by atoms with Crippen molar-refractivity contribution in [2.24, 2.45) is 5.41 Å². The molecule has 1 aliphatic heterocycles. The molecule has 0 aromatic heterocycles. The molecular weight excluding hydrogens is 448 g/mol. The number of nitrogens with zero attached hydrogens (tertiary/aromatic N) is 1. The van der Waals surface area contributed by atoms with Gasteiger partial charge in [0.05, 0.1) is 18.8 Å². The predicted molar refractivity (Wildman–Crippen MR) is 123 cm³/mol. The molecule has 0 bridgehead atoms. The van der Waals surface area contributed by atoms with Crippen LogP contribution in [-0.4, -0.2) is 56.9 Å². The molecule has 9 heteroatoms. The maximum atomic E-state index is 15.6. The summed E-state index contributed by atoms with van der Waals surface area (Å²) in [7, 11) is -3.56. The zero-order valence-corrected chi connectivity index (χ0v) is 19.5. The molecule has 2 N–H and O–H groups in total. The third kappa shape index (κ3) is 5.19. The van der Waals surface area contributed by atoms with Crippen LogP contribution in [0.25, 0.3) is 11.1 Å². The maximum absolute atomic E-state index is 15.6. The zero-order chi connectivity index (χ0) is 23.8. The van der Waals surface area contributed by atoms with Crippen LogP contribution in [0.3, 0.4) is 0 Å². The minimum atomic E-state index is -3.56. The normalized spacial score (nSPS) is 22.4.